The maximum absolute atomic E-state index is 6.16. The molecule has 2 aliphatic rings. The van der Waals surface area contributed by atoms with Crippen LogP contribution in [0.5, 0.6) is 0 Å². The second-order valence-electron chi connectivity index (χ2n) is 4.28. The Balaban J connectivity index is 2.00. The van der Waals surface area contributed by atoms with Crippen molar-refractivity contribution < 1.29 is 9.33 Å². The van der Waals surface area contributed by atoms with Crippen molar-refractivity contribution in [2.45, 2.75) is 0 Å². The fourth-order valence-electron chi connectivity index (χ4n) is 2.12. The molecule has 18 heavy (non-hydrogen) atoms. The van der Waals surface area contributed by atoms with Gasteiger partial charge in [0.2, 0.25) is 5.84 Å². The fourth-order valence-corrected chi connectivity index (χ4v) is 2.65. The third-order valence-electron chi connectivity index (χ3n) is 3.17. The van der Waals surface area contributed by atoms with E-state index in [-0.39, 0.29) is 0 Å². The van der Waals surface area contributed by atoms with Crippen molar-refractivity contribution in [3.05, 3.63) is 34.9 Å². The first-order chi connectivity index (χ1) is 8.71. The summed E-state index contributed by atoms with van der Waals surface area (Å²) in [5.74, 6) is 0.632. The van der Waals surface area contributed by atoms with E-state index in [1.807, 2.05) is 24.3 Å². The summed E-state index contributed by atoms with van der Waals surface area (Å²) in [6.07, 6.45) is 0. The molecule has 0 aliphatic carbocycles. The van der Waals surface area contributed by atoms with Gasteiger partial charge in [-0.1, -0.05) is 28.8 Å². The van der Waals surface area contributed by atoms with Crippen molar-refractivity contribution in [1.29, 1.82) is 0 Å². The highest BCUT2D eigenvalue weighted by molar-refractivity contribution is 7.76. The van der Waals surface area contributed by atoms with Crippen LogP contribution >= 0.6 is 11.6 Å². The van der Waals surface area contributed by atoms with E-state index in [0.29, 0.717) is 33.8 Å². The molecule has 1 spiro atoms. The van der Waals surface area contributed by atoms with Gasteiger partial charge in [0.15, 0.2) is 0 Å². The van der Waals surface area contributed by atoms with Crippen LogP contribution in [0, 0.1) is 0 Å². The van der Waals surface area contributed by atoms with Gasteiger partial charge in [0.05, 0.1) is 18.2 Å². The highest BCUT2D eigenvalue weighted by Crippen LogP contribution is 2.25. The Morgan fingerprint density at radius 3 is 2.67 bits per heavy atom. The normalized spacial score (nSPS) is 21.8. The summed E-state index contributed by atoms with van der Waals surface area (Å²) in [7, 11) is 0. The lowest BCUT2D eigenvalue weighted by Crippen LogP contribution is -2.52. The Labute approximate surface area is 116 Å². The second-order valence-corrected chi connectivity index (χ2v) is 5.05. The number of hydrogen-bond acceptors (Lipinski definition) is 4. The van der Waals surface area contributed by atoms with Crippen molar-refractivity contribution in [3.8, 4) is 0 Å². The Morgan fingerprint density at radius 1 is 1.22 bits per heavy atom. The number of nitrogens with zero attached hydrogens (tertiary/aromatic N) is 3. The predicted octanol–water partition coefficient (Wildman–Crippen LogP) is 1.77. The van der Waals surface area contributed by atoms with E-state index < -0.39 is 0 Å². The minimum atomic E-state index is 0.385. The van der Waals surface area contributed by atoms with Crippen LogP contribution in [0.15, 0.2) is 34.4 Å². The van der Waals surface area contributed by atoms with Crippen LogP contribution < -0.4 is 0 Å². The molecular formula is C12H12ClN3OS. The number of quaternary nitrogens is 1. The maximum atomic E-state index is 6.16. The number of rotatable bonds is 1. The zero-order valence-corrected chi connectivity index (χ0v) is 11.2. The molecular weight excluding hydrogens is 270 g/mol. The van der Waals surface area contributed by atoms with Crippen molar-refractivity contribution in [2.24, 2.45) is 10.1 Å². The molecule has 0 radical (unpaired) electrons. The minimum Gasteiger partial charge on any atom is -0.697 e. The van der Waals surface area contributed by atoms with Gasteiger partial charge in [-0.2, -0.15) is 9.58 Å². The van der Waals surface area contributed by atoms with Gasteiger partial charge in [0, 0.05) is 5.56 Å². The number of ether oxygens (including phenoxy) is 1. The van der Waals surface area contributed by atoms with E-state index in [9.17, 15) is 0 Å². The summed E-state index contributed by atoms with van der Waals surface area (Å²) in [4.78, 5) is 4.41. The number of hydrogen-bond donors (Lipinski definition) is 0. The first-order valence-electron chi connectivity index (χ1n) is 5.77. The molecule has 6 heteroatoms. The van der Waals surface area contributed by atoms with E-state index in [2.05, 4.69) is 10.1 Å². The van der Waals surface area contributed by atoms with Gasteiger partial charge < -0.3 is 17.4 Å². The van der Waals surface area contributed by atoms with E-state index in [1.165, 1.54) is 0 Å². The van der Waals surface area contributed by atoms with Crippen LogP contribution in [0.1, 0.15) is 5.56 Å². The molecule has 0 unspecified atom stereocenters. The average Bonchev–Trinajstić information content (AvgIpc) is 2.68. The molecule has 4 nitrogen and oxygen atoms in total. The van der Waals surface area contributed by atoms with Gasteiger partial charge >= 0.3 is 0 Å². The Hall–Kier alpha value is -1.01. The van der Waals surface area contributed by atoms with E-state index in [1.54, 1.807) is 0 Å². The largest absolute Gasteiger partial charge is 0.697 e. The lowest BCUT2D eigenvalue weighted by molar-refractivity contribution is -0.851. The monoisotopic (exact) mass is 281 g/mol. The molecule has 0 aromatic heterocycles. The van der Waals surface area contributed by atoms with Crippen molar-refractivity contribution in [2.75, 3.05) is 26.3 Å². The zero-order valence-electron chi connectivity index (χ0n) is 9.67. The first-order valence-corrected chi connectivity index (χ1v) is 6.56. The number of halogens is 1. The van der Waals surface area contributed by atoms with E-state index in [4.69, 9.17) is 29.0 Å². The third-order valence-corrected chi connectivity index (χ3v) is 3.93. The molecule has 0 atom stereocenters. The van der Waals surface area contributed by atoms with E-state index >= 15 is 0 Å². The van der Waals surface area contributed by atoms with Crippen LogP contribution in [0.2, 0.25) is 5.02 Å². The topological polar surface area (TPSA) is 34.0 Å². The fraction of sp³-hybridized carbons (Fsp3) is 0.333. The number of morpholine rings is 1. The van der Waals surface area contributed by atoms with Gasteiger partial charge in [0.1, 0.15) is 18.3 Å². The summed E-state index contributed by atoms with van der Waals surface area (Å²) in [6.45, 7) is 2.82. The standard InChI is InChI=1S/C12H12ClN3OS/c13-10-4-2-1-3-9(10)11-14-12(18)16(15-11)5-7-17-8-6-16/h1-4H,5-8H2. The minimum absolute atomic E-state index is 0.385. The lowest BCUT2D eigenvalue weighted by atomic mass is 10.2. The highest BCUT2D eigenvalue weighted by Gasteiger charge is 2.36. The van der Waals surface area contributed by atoms with Gasteiger partial charge in [0.25, 0.3) is 0 Å². The van der Waals surface area contributed by atoms with Gasteiger partial charge in [-0.25, -0.2) is 0 Å². The quantitative estimate of drug-likeness (QED) is 0.581. The van der Waals surface area contributed by atoms with Crippen molar-refractivity contribution in [3.63, 3.8) is 0 Å². The predicted molar refractivity (Wildman–Crippen MR) is 73.6 cm³/mol. The maximum Gasteiger partial charge on any atom is 0.220 e. The molecule has 3 rings (SSSR count). The van der Waals surface area contributed by atoms with E-state index in [0.717, 1.165) is 18.7 Å². The average molecular weight is 282 g/mol. The smallest absolute Gasteiger partial charge is 0.220 e. The van der Waals surface area contributed by atoms with Gasteiger partial charge in [-0.15, -0.1) is 0 Å². The lowest BCUT2D eigenvalue weighted by Gasteiger charge is -2.35. The molecule has 1 aromatic carbocycles. The van der Waals surface area contributed by atoms with Crippen LogP contribution in [0.3, 0.4) is 0 Å². The Kier molecular flexibility index (Phi) is 3.07. The molecule has 2 aliphatic heterocycles. The molecule has 1 fully saturated rings. The van der Waals surface area contributed by atoms with Gasteiger partial charge in [-0.05, 0) is 12.1 Å². The summed E-state index contributed by atoms with van der Waals surface area (Å²) in [5, 5.41) is 5.93. The van der Waals surface area contributed by atoms with Crippen LogP contribution in [-0.4, -0.2) is 41.9 Å². The van der Waals surface area contributed by atoms with Crippen LogP contribution in [-0.2, 0) is 17.4 Å². The molecule has 1 saturated heterocycles. The summed E-state index contributed by atoms with van der Waals surface area (Å²) in [6, 6.07) is 7.55. The molecule has 2 heterocycles. The molecule has 0 bridgehead atoms. The molecule has 0 saturated carbocycles. The summed E-state index contributed by atoms with van der Waals surface area (Å²) in [5.41, 5.74) is 0.836. The van der Waals surface area contributed by atoms with Crippen molar-refractivity contribution in [1.82, 2.24) is 0 Å². The Morgan fingerprint density at radius 2 is 1.94 bits per heavy atom. The SMILES string of the molecule is [S-]C1=NC(c2ccccc2Cl)=N[N+]12CCOCC2. The molecule has 0 amide bonds. The zero-order chi connectivity index (χ0) is 12.6. The highest BCUT2D eigenvalue weighted by atomic mass is 35.5. The third kappa shape index (κ3) is 1.93. The number of amidine groups is 2. The Bertz CT molecular complexity index is 538. The number of benzene rings is 1. The van der Waals surface area contributed by atoms with Crippen molar-refractivity contribution >= 4 is 35.2 Å². The molecule has 0 N–H and O–H groups in total. The second kappa shape index (κ2) is 4.59. The first kappa shape index (κ1) is 12.0. The molecule has 1 aromatic rings. The molecule has 94 valence electrons. The van der Waals surface area contributed by atoms with Gasteiger partial charge in [-0.3, -0.25) is 0 Å². The number of aliphatic imine (C=N–C) groups is 1. The summed E-state index contributed by atoms with van der Waals surface area (Å²) < 4.78 is 5.74. The van der Waals surface area contributed by atoms with Crippen LogP contribution in [0.4, 0.5) is 0 Å². The summed E-state index contributed by atoms with van der Waals surface area (Å²) >= 11 is 11.5. The van der Waals surface area contributed by atoms with Crippen LogP contribution in [0.25, 0.3) is 0 Å².